The summed E-state index contributed by atoms with van der Waals surface area (Å²) in [6, 6.07) is 4.90. The zero-order chi connectivity index (χ0) is 13.7. The number of amides is 1. The number of aliphatic hydroxyl groups excluding tert-OH is 1. The van der Waals surface area contributed by atoms with Gasteiger partial charge in [-0.3, -0.25) is 4.79 Å². The highest BCUT2D eigenvalue weighted by Crippen LogP contribution is 2.21. The molecule has 0 saturated carbocycles. The predicted octanol–water partition coefficient (Wildman–Crippen LogP) is 2.16. The Bertz CT molecular complexity index is 421. The summed E-state index contributed by atoms with van der Waals surface area (Å²) in [5.41, 5.74) is 6.59. The fraction of sp³-hybridized carbons (Fsp3) is 0.462. The van der Waals surface area contributed by atoms with Gasteiger partial charge in [0.15, 0.2) is 0 Å². The van der Waals surface area contributed by atoms with Crippen LogP contribution in [0, 0.1) is 0 Å². The van der Waals surface area contributed by atoms with Crippen LogP contribution in [-0.4, -0.2) is 35.1 Å². The quantitative estimate of drug-likeness (QED) is 0.806. The summed E-state index contributed by atoms with van der Waals surface area (Å²) in [6.07, 6.45) is 0.545. The number of carbonyl (C=O) groups excluding carboxylic acids is 1. The number of halogens is 1. The van der Waals surface area contributed by atoms with Crippen LogP contribution in [0.15, 0.2) is 18.2 Å². The highest BCUT2D eigenvalue weighted by Gasteiger charge is 2.20. The topological polar surface area (TPSA) is 66.6 Å². The molecule has 0 bridgehead atoms. The van der Waals surface area contributed by atoms with Gasteiger partial charge in [0, 0.05) is 24.9 Å². The molecule has 1 aromatic carbocycles. The van der Waals surface area contributed by atoms with Gasteiger partial charge in [0.05, 0.1) is 10.6 Å². The van der Waals surface area contributed by atoms with E-state index in [-0.39, 0.29) is 18.6 Å². The number of nitrogens with zero attached hydrogens (tertiary/aromatic N) is 1. The summed E-state index contributed by atoms with van der Waals surface area (Å²) in [4.78, 5) is 14.0. The molecule has 5 heteroatoms. The molecule has 0 aliphatic rings. The van der Waals surface area contributed by atoms with Crippen LogP contribution in [0.1, 0.15) is 30.6 Å². The van der Waals surface area contributed by atoms with Crippen LogP contribution in [0.2, 0.25) is 5.02 Å². The second-order valence-electron chi connectivity index (χ2n) is 4.41. The van der Waals surface area contributed by atoms with Gasteiger partial charge in [-0.05, 0) is 38.5 Å². The van der Waals surface area contributed by atoms with Gasteiger partial charge in [0.25, 0.3) is 5.91 Å². The molecule has 0 aliphatic heterocycles. The first-order valence-electron chi connectivity index (χ1n) is 5.94. The molecule has 0 unspecified atom stereocenters. The van der Waals surface area contributed by atoms with E-state index in [2.05, 4.69) is 0 Å². The lowest BCUT2D eigenvalue weighted by molar-refractivity contribution is 0.0693. The standard InChI is InChI=1S/C13H19ClN2O2/c1-9(2)16(6-3-7-17)13(18)11-8-10(15)4-5-12(11)14/h4-5,8-9,17H,3,6-7,15H2,1-2H3. The second-order valence-corrected chi connectivity index (χ2v) is 4.82. The highest BCUT2D eigenvalue weighted by atomic mass is 35.5. The van der Waals surface area contributed by atoms with Crippen LogP contribution < -0.4 is 5.73 Å². The van der Waals surface area contributed by atoms with Crippen molar-refractivity contribution in [3.05, 3.63) is 28.8 Å². The number of nitrogens with two attached hydrogens (primary N) is 1. The number of hydrogen-bond acceptors (Lipinski definition) is 3. The van der Waals surface area contributed by atoms with E-state index in [0.29, 0.717) is 29.2 Å². The van der Waals surface area contributed by atoms with Crippen LogP contribution in [-0.2, 0) is 0 Å². The third-order valence-corrected chi connectivity index (χ3v) is 2.99. The van der Waals surface area contributed by atoms with Crippen LogP contribution in [0.5, 0.6) is 0 Å². The highest BCUT2D eigenvalue weighted by molar-refractivity contribution is 6.34. The molecule has 1 aromatic rings. The second kappa shape index (κ2) is 6.61. The Kier molecular flexibility index (Phi) is 5.44. The maximum absolute atomic E-state index is 12.4. The van der Waals surface area contributed by atoms with Crippen molar-refractivity contribution in [2.75, 3.05) is 18.9 Å². The van der Waals surface area contributed by atoms with Crippen LogP contribution in [0.25, 0.3) is 0 Å². The zero-order valence-electron chi connectivity index (χ0n) is 10.7. The van der Waals surface area contributed by atoms with Crippen LogP contribution in [0.4, 0.5) is 5.69 Å². The molecule has 0 aliphatic carbocycles. The molecule has 0 heterocycles. The number of anilines is 1. The lowest BCUT2D eigenvalue weighted by Gasteiger charge is -2.27. The minimum absolute atomic E-state index is 0.0431. The Morgan fingerprint density at radius 3 is 2.72 bits per heavy atom. The van der Waals surface area contributed by atoms with E-state index in [1.165, 1.54) is 0 Å². The van der Waals surface area contributed by atoms with Gasteiger partial charge >= 0.3 is 0 Å². The van der Waals surface area contributed by atoms with E-state index >= 15 is 0 Å². The molecular formula is C13H19ClN2O2. The van der Waals surface area contributed by atoms with Gasteiger partial charge in [0.1, 0.15) is 0 Å². The first-order valence-corrected chi connectivity index (χ1v) is 6.32. The van der Waals surface area contributed by atoms with Crippen molar-refractivity contribution in [3.8, 4) is 0 Å². The van der Waals surface area contributed by atoms with E-state index < -0.39 is 0 Å². The Labute approximate surface area is 112 Å². The third-order valence-electron chi connectivity index (χ3n) is 2.66. The molecule has 100 valence electrons. The third kappa shape index (κ3) is 3.62. The number of benzene rings is 1. The van der Waals surface area contributed by atoms with Crippen LogP contribution >= 0.6 is 11.6 Å². The first kappa shape index (κ1) is 14.8. The van der Waals surface area contributed by atoms with Crippen molar-refractivity contribution < 1.29 is 9.90 Å². The molecular weight excluding hydrogens is 252 g/mol. The zero-order valence-corrected chi connectivity index (χ0v) is 11.4. The Morgan fingerprint density at radius 1 is 1.50 bits per heavy atom. The van der Waals surface area contributed by atoms with Crippen molar-refractivity contribution >= 4 is 23.2 Å². The Hall–Kier alpha value is -1.26. The van der Waals surface area contributed by atoms with E-state index in [1.54, 1.807) is 23.1 Å². The van der Waals surface area contributed by atoms with Crippen molar-refractivity contribution in [1.29, 1.82) is 0 Å². The summed E-state index contributed by atoms with van der Waals surface area (Å²) in [5.74, 6) is -0.157. The van der Waals surface area contributed by atoms with E-state index in [4.69, 9.17) is 22.4 Å². The minimum Gasteiger partial charge on any atom is -0.399 e. The maximum Gasteiger partial charge on any atom is 0.255 e. The Morgan fingerprint density at radius 2 is 2.17 bits per heavy atom. The summed E-state index contributed by atoms with van der Waals surface area (Å²) in [7, 11) is 0. The number of hydrogen-bond donors (Lipinski definition) is 2. The summed E-state index contributed by atoms with van der Waals surface area (Å²) in [5, 5.41) is 9.26. The van der Waals surface area contributed by atoms with Gasteiger partial charge in [0.2, 0.25) is 0 Å². The van der Waals surface area contributed by atoms with Crippen LogP contribution in [0.3, 0.4) is 0 Å². The number of carbonyl (C=O) groups is 1. The molecule has 0 atom stereocenters. The minimum atomic E-state index is -0.157. The maximum atomic E-state index is 12.4. The average Bonchev–Trinajstić information content (AvgIpc) is 2.32. The van der Waals surface area contributed by atoms with Gasteiger partial charge in [-0.2, -0.15) is 0 Å². The normalized spacial score (nSPS) is 10.7. The molecule has 0 radical (unpaired) electrons. The first-order chi connectivity index (χ1) is 8.47. The largest absolute Gasteiger partial charge is 0.399 e. The molecule has 0 fully saturated rings. The molecule has 0 aromatic heterocycles. The molecule has 18 heavy (non-hydrogen) atoms. The molecule has 3 N–H and O–H groups in total. The number of rotatable bonds is 5. The monoisotopic (exact) mass is 270 g/mol. The van der Waals surface area contributed by atoms with Crippen molar-refractivity contribution in [2.45, 2.75) is 26.3 Å². The molecule has 1 rings (SSSR count). The van der Waals surface area contributed by atoms with E-state index in [9.17, 15) is 4.79 Å². The van der Waals surface area contributed by atoms with Gasteiger partial charge in [-0.15, -0.1) is 0 Å². The van der Waals surface area contributed by atoms with Gasteiger partial charge in [-0.1, -0.05) is 11.6 Å². The smallest absolute Gasteiger partial charge is 0.255 e. The fourth-order valence-corrected chi connectivity index (χ4v) is 1.90. The molecule has 0 spiro atoms. The fourth-order valence-electron chi connectivity index (χ4n) is 1.70. The average molecular weight is 271 g/mol. The SMILES string of the molecule is CC(C)N(CCCO)C(=O)c1cc(N)ccc1Cl. The van der Waals surface area contributed by atoms with Gasteiger partial charge in [-0.25, -0.2) is 0 Å². The lowest BCUT2D eigenvalue weighted by atomic mass is 10.1. The number of aliphatic hydroxyl groups is 1. The number of nitrogen functional groups attached to an aromatic ring is 1. The molecule has 0 saturated heterocycles. The van der Waals surface area contributed by atoms with Crippen molar-refractivity contribution in [3.63, 3.8) is 0 Å². The van der Waals surface area contributed by atoms with Crippen molar-refractivity contribution in [2.24, 2.45) is 0 Å². The van der Waals surface area contributed by atoms with Crippen molar-refractivity contribution in [1.82, 2.24) is 4.90 Å². The Balaban J connectivity index is 2.98. The van der Waals surface area contributed by atoms with Gasteiger partial charge < -0.3 is 15.7 Å². The van der Waals surface area contributed by atoms with E-state index in [1.807, 2.05) is 13.8 Å². The van der Waals surface area contributed by atoms with E-state index in [0.717, 1.165) is 0 Å². The lowest BCUT2D eigenvalue weighted by Crippen LogP contribution is -2.38. The summed E-state index contributed by atoms with van der Waals surface area (Å²) < 4.78 is 0. The summed E-state index contributed by atoms with van der Waals surface area (Å²) in [6.45, 7) is 4.41. The summed E-state index contributed by atoms with van der Waals surface area (Å²) >= 11 is 6.02. The predicted molar refractivity (Wildman–Crippen MR) is 73.7 cm³/mol. The molecule has 1 amide bonds. The molecule has 4 nitrogen and oxygen atoms in total.